The van der Waals surface area contributed by atoms with Crippen molar-refractivity contribution >= 4 is 23.5 Å². The van der Waals surface area contributed by atoms with E-state index in [1.54, 1.807) is 0 Å². The highest BCUT2D eigenvalue weighted by Gasteiger charge is 2.38. The van der Waals surface area contributed by atoms with Gasteiger partial charge in [0.1, 0.15) is 0 Å². The van der Waals surface area contributed by atoms with Gasteiger partial charge < -0.3 is 20.1 Å². The number of hydrogen-bond acceptors (Lipinski definition) is 6. The number of ether oxygens (including phenoxy) is 2. The monoisotopic (exact) mass is 360 g/mol. The summed E-state index contributed by atoms with van der Waals surface area (Å²) in [5.74, 6) is -0.781. The van der Waals surface area contributed by atoms with Crippen LogP contribution in [0.4, 0.5) is 5.69 Å². The molecule has 1 aromatic rings. The molecule has 1 heterocycles. The Balaban J connectivity index is 1.76. The predicted molar refractivity (Wildman–Crippen MR) is 95.0 cm³/mol. The van der Waals surface area contributed by atoms with Crippen molar-refractivity contribution in [1.29, 1.82) is 0 Å². The molecule has 26 heavy (non-hydrogen) atoms. The summed E-state index contributed by atoms with van der Waals surface area (Å²) in [5.41, 5.74) is 0.729. The van der Waals surface area contributed by atoms with Crippen LogP contribution in [0.5, 0.6) is 0 Å². The number of carbonyl (C=O) groups is 3. The molecule has 1 aromatic carbocycles. The van der Waals surface area contributed by atoms with E-state index in [1.807, 2.05) is 0 Å². The van der Waals surface area contributed by atoms with Crippen molar-refractivity contribution < 1.29 is 23.9 Å². The van der Waals surface area contributed by atoms with E-state index in [0.717, 1.165) is 19.3 Å². The van der Waals surface area contributed by atoms with Crippen LogP contribution < -0.4 is 10.6 Å². The summed E-state index contributed by atoms with van der Waals surface area (Å²) in [5, 5.41) is 6.23. The molecule has 2 fully saturated rings. The number of fused-ring (bicyclic) bond motifs is 1. The van der Waals surface area contributed by atoms with E-state index < -0.39 is 11.9 Å². The third-order valence-electron chi connectivity index (χ3n) is 5.22. The van der Waals surface area contributed by atoms with Gasteiger partial charge in [-0.15, -0.1) is 0 Å². The van der Waals surface area contributed by atoms with E-state index in [9.17, 15) is 14.4 Å². The van der Waals surface area contributed by atoms with Crippen LogP contribution in [0, 0.1) is 5.92 Å². The van der Waals surface area contributed by atoms with Crippen LogP contribution in [0.3, 0.4) is 0 Å². The molecule has 0 aromatic heterocycles. The summed E-state index contributed by atoms with van der Waals surface area (Å²) >= 11 is 0. The Labute approximate surface area is 152 Å². The lowest BCUT2D eigenvalue weighted by Gasteiger charge is -2.24. The van der Waals surface area contributed by atoms with Crippen molar-refractivity contribution in [3.8, 4) is 0 Å². The van der Waals surface area contributed by atoms with Crippen molar-refractivity contribution in [2.24, 2.45) is 5.92 Å². The Kier molecular flexibility index (Phi) is 5.56. The highest BCUT2D eigenvalue weighted by molar-refractivity contribution is 6.00. The third kappa shape index (κ3) is 3.88. The normalized spacial score (nSPS) is 24.5. The van der Waals surface area contributed by atoms with Crippen LogP contribution in [-0.4, -0.2) is 44.1 Å². The predicted octanol–water partition coefficient (Wildman–Crippen LogP) is 2.12. The molecule has 1 aliphatic heterocycles. The molecule has 1 saturated carbocycles. The smallest absolute Gasteiger partial charge is 0.337 e. The molecule has 2 aliphatic rings. The third-order valence-corrected chi connectivity index (χ3v) is 5.22. The average molecular weight is 360 g/mol. The molecule has 3 unspecified atom stereocenters. The second-order valence-electron chi connectivity index (χ2n) is 6.88. The Morgan fingerprint density at radius 2 is 1.62 bits per heavy atom. The van der Waals surface area contributed by atoms with Crippen LogP contribution in [-0.2, 0) is 14.3 Å². The molecule has 0 radical (unpaired) electrons. The van der Waals surface area contributed by atoms with Gasteiger partial charge in [0, 0.05) is 11.7 Å². The van der Waals surface area contributed by atoms with Gasteiger partial charge in [-0.1, -0.05) is 12.8 Å². The number of esters is 2. The summed E-state index contributed by atoms with van der Waals surface area (Å²) in [6.45, 7) is 0. The van der Waals surface area contributed by atoms with Crippen molar-refractivity contribution in [2.45, 2.75) is 44.2 Å². The number of benzene rings is 1. The van der Waals surface area contributed by atoms with Crippen LogP contribution in [0.25, 0.3) is 0 Å². The highest BCUT2D eigenvalue weighted by atomic mass is 16.5. The molecule has 7 heteroatoms. The lowest BCUT2D eigenvalue weighted by Crippen LogP contribution is -2.39. The SMILES string of the molecule is COC(=O)c1cc(NC(=O)C2CC3CCCCC3N2)cc(C(=O)OC)c1. The molecule has 3 atom stereocenters. The van der Waals surface area contributed by atoms with Crippen LogP contribution in [0.15, 0.2) is 18.2 Å². The van der Waals surface area contributed by atoms with Crippen molar-refractivity contribution in [1.82, 2.24) is 5.32 Å². The van der Waals surface area contributed by atoms with Gasteiger partial charge in [0.25, 0.3) is 0 Å². The van der Waals surface area contributed by atoms with Gasteiger partial charge >= 0.3 is 11.9 Å². The van der Waals surface area contributed by atoms with Gasteiger partial charge in [-0.3, -0.25) is 4.79 Å². The van der Waals surface area contributed by atoms with E-state index >= 15 is 0 Å². The zero-order valence-electron chi connectivity index (χ0n) is 15.0. The zero-order chi connectivity index (χ0) is 18.7. The van der Waals surface area contributed by atoms with E-state index in [-0.39, 0.29) is 23.1 Å². The first kappa shape index (κ1) is 18.4. The maximum atomic E-state index is 12.7. The van der Waals surface area contributed by atoms with Crippen molar-refractivity contribution in [3.05, 3.63) is 29.3 Å². The van der Waals surface area contributed by atoms with E-state index in [2.05, 4.69) is 10.6 Å². The number of methoxy groups -OCH3 is 2. The van der Waals surface area contributed by atoms with Crippen LogP contribution in [0.2, 0.25) is 0 Å². The van der Waals surface area contributed by atoms with E-state index in [0.29, 0.717) is 17.6 Å². The summed E-state index contributed by atoms with van der Waals surface area (Å²) in [4.78, 5) is 36.3. The summed E-state index contributed by atoms with van der Waals surface area (Å²) < 4.78 is 9.42. The first-order valence-electron chi connectivity index (χ1n) is 8.90. The Morgan fingerprint density at radius 1 is 1.00 bits per heavy atom. The summed E-state index contributed by atoms with van der Waals surface area (Å²) in [7, 11) is 2.52. The largest absolute Gasteiger partial charge is 0.465 e. The lowest BCUT2D eigenvalue weighted by atomic mass is 9.85. The quantitative estimate of drug-likeness (QED) is 0.799. The maximum absolute atomic E-state index is 12.7. The fourth-order valence-corrected chi connectivity index (χ4v) is 3.92. The molecular weight excluding hydrogens is 336 g/mol. The minimum atomic E-state index is -0.587. The highest BCUT2D eigenvalue weighted by Crippen LogP contribution is 2.33. The molecule has 3 rings (SSSR count). The fourth-order valence-electron chi connectivity index (χ4n) is 3.92. The molecule has 2 N–H and O–H groups in total. The zero-order valence-corrected chi connectivity index (χ0v) is 15.0. The topological polar surface area (TPSA) is 93.7 Å². The van der Waals surface area contributed by atoms with Gasteiger partial charge in [0.2, 0.25) is 5.91 Å². The molecular formula is C19H24N2O5. The fraction of sp³-hybridized carbons (Fsp3) is 0.526. The van der Waals surface area contributed by atoms with Crippen molar-refractivity contribution in [3.63, 3.8) is 0 Å². The van der Waals surface area contributed by atoms with Crippen LogP contribution in [0.1, 0.15) is 52.8 Å². The Morgan fingerprint density at radius 3 is 2.19 bits per heavy atom. The molecule has 0 bridgehead atoms. The maximum Gasteiger partial charge on any atom is 0.337 e. The van der Waals surface area contributed by atoms with Crippen LogP contribution >= 0.6 is 0 Å². The van der Waals surface area contributed by atoms with Gasteiger partial charge in [-0.2, -0.15) is 0 Å². The minimum Gasteiger partial charge on any atom is -0.465 e. The minimum absolute atomic E-state index is 0.155. The van der Waals surface area contributed by atoms with Gasteiger partial charge in [-0.25, -0.2) is 9.59 Å². The van der Waals surface area contributed by atoms with Gasteiger partial charge in [-0.05, 0) is 43.4 Å². The Hall–Kier alpha value is -2.41. The first-order valence-corrected chi connectivity index (χ1v) is 8.90. The van der Waals surface area contributed by atoms with E-state index in [4.69, 9.17) is 9.47 Å². The molecule has 1 saturated heterocycles. The molecule has 1 aliphatic carbocycles. The second kappa shape index (κ2) is 7.86. The van der Waals surface area contributed by atoms with Gasteiger partial charge in [0.05, 0.1) is 31.4 Å². The first-order chi connectivity index (χ1) is 12.5. The second-order valence-corrected chi connectivity index (χ2v) is 6.88. The van der Waals surface area contributed by atoms with Crippen molar-refractivity contribution in [2.75, 3.05) is 19.5 Å². The number of nitrogens with one attached hydrogen (secondary N) is 2. The molecule has 7 nitrogen and oxygen atoms in total. The molecule has 0 spiro atoms. The summed E-state index contributed by atoms with van der Waals surface area (Å²) in [6.07, 6.45) is 5.51. The summed E-state index contributed by atoms with van der Waals surface area (Å²) in [6, 6.07) is 4.53. The number of amides is 1. The average Bonchev–Trinajstić information content (AvgIpc) is 3.10. The molecule has 140 valence electrons. The number of hydrogen-bond donors (Lipinski definition) is 2. The molecule has 1 amide bonds. The van der Waals surface area contributed by atoms with E-state index in [1.165, 1.54) is 45.3 Å². The Bertz CT molecular complexity index is 670. The van der Waals surface area contributed by atoms with Gasteiger partial charge in [0.15, 0.2) is 0 Å². The number of carbonyl (C=O) groups excluding carboxylic acids is 3. The standard InChI is InChI=1S/C19H24N2O5/c1-25-18(23)12-7-13(19(24)26-2)9-14(8-12)20-17(22)16-10-11-5-3-4-6-15(11)21-16/h7-9,11,15-16,21H,3-6,10H2,1-2H3,(H,20,22). The number of anilines is 1. The number of rotatable bonds is 4. The lowest BCUT2D eigenvalue weighted by molar-refractivity contribution is -0.117.